The van der Waals surface area contributed by atoms with Crippen molar-refractivity contribution >= 4 is 17.5 Å². The lowest BCUT2D eigenvalue weighted by Crippen LogP contribution is -2.54. The van der Waals surface area contributed by atoms with Gasteiger partial charge >= 0.3 is 0 Å². The third-order valence-corrected chi connectivity index (χ3v) is 6.53. The Morgan fingerprint density at radius 1 is 1.36 bits per heavy atom. The van der Waals surface area contributed by atoms with Crippen molar-refractivity contribution in [2.75, 3.05) is 6.54 Å². The van der Waals surface area contributed by atoms with Gasteiger partial charge in [-0.1, -0.05) is 26.3 Å². The lowest BCUT2D eigenvalue weighted by molar-refractivity contribution is -0.142. The van der Waals surface area contributed by atoms with Gasteiger partial charge in [-0.15, -0.1) is 0 Å². The number of ketones is 2. The van der Waals surface area contributed by atoms with E-state index < -0.39 is 29.1 Å². The highest BCUT2D eigenvalue weighted by Gasteiger charge is 2.57. The van der Waals surface area contributed by atoms with Crippen molar-refractivity contribution in [2.45, 2.75) is 46.1 Å². The average molecular weight is 347 g/mol. The van der Waals surface area contributed by atoms with Crippen LogP contribution in [-0.4, -0.2) is 40.3 Å². The summed E-state index contributed by atoms with van der Waals surface area (Å²) >= 11 is 0. The molecule has 1 saturated heterocycles. The zero-order valence-electron chi connectivity index (χ0n) is 14.8. The Morgan fingerprint density at radius 3 is 2.60 bits per heavy atom. The van der Waals surface area contributed by atoms with Crippen molar-refractivity contribution in [3.05, 3.63) is 23.0 Å². The van der Waals surface area contributed by atoms with Crippen LogP contribution in [0.3, 0.4) is 0 Å². The smallest absolute Gasteiger partial charge is 0.258 e. The molecule has 1 amide bonds. The van der Waals surface area contributed by atoms with Gasteiger partial charge in [0.2, 0.25) is 0 Å². The van der Waals surface area contributed by atoms with Gasteiger partial charge in [0.25, 0.3) is 5.91 Å². The number of aliphatic hydroxyl groups excluding tert-OH is 2. The molecule has 1 heterocycles. The molecule has 1 saturated carbocycles. The Kier molecular flexibility index (Phi) is 4.35. The summed E-state index contributed by atoms with van der Waals surface area (Å²) in [5.41, 5.74) is -0.332. The van der Waals surface area contributed by atoms with Gasteiger partial charge in [-0.05, 0) is 30.8 Å². The minimum atomic E-state index is -0.905. The number of Topliss-reactive ketones (excluding diaryl/α,β-unsaturated/α-hetero) is 2. The van der Waals surface area contributed by atoms with E-state index in [1.807, 2.05) is 19.9 Å². The molecule has 0 aromatic heterocycles. The van der Waals surface area contributed by atoms with Gasteiger partial charge in [0.1, 0.15) is 17.1 Å². The first-order chi connectivity index (χ1) is 11.7. The van der Waals surface area contributed by atoms with E-state index >= 15 is 0 Å². The highest BCUT2D eigenvalue weighted by Crippen LogP contribution is 2.56. The monoisotopic (exact) mass is 347 g/mol. The second-order valence-electron chi connectivity index (χ2n) is 7.65. The lowest BCUT2D eigenvalue weighted by Gasteiger charge is -2.52. The number of nitrogens with one attached hydrogen (secondary N) is 1. The fourth-order valence-electron chi connectivity index (χ4n) is 4.91. The van der Waals surface area contributed by atoms with Crippen molar-refractivity contribution < 1.29 is 24.6 Å². The molecule has 0 aromatic rings. The standard InChI is InChI=1S/C19H25NO5/c1-4-10-7-12(21)14-11(6-5-9(2)16(14)23)19(10,3)17(24)15-13(22)8-20-18(15)25/h5,10-11,14,16,23-24H,4,6-8H2,1-3H3,(H,20,25). The molecule has 136 valence electrons. The molecule has 6 heteroatoms. The van der Waals surface area contributed by atoms with Crippen LogP contribution in [0.15, 0.2) is 23.0 Å². The van der Waals surface area contributed by atoms with E-state index in [0.717, 1.165) is 5.57 Å². The summed E-state index contributed by atoms with van der Waals surface area (Å²) in [4.78, 5) is 36.9. The van der Waals surface area contributed by atoms with Crippen molar-refractivity contribution in [1.29, 1.82) is 0 Å². The minimum Gasteiger partial charge on any atom is -0.511 e. The van der Waals surface area contributed by atoms with E-state index in [2.05, 4.69) is 5.32 Å². The average Bonchev–Trinajstić information content (AvgIpc) is 2.91. The summed E-state index contributed by atoms with van der Waals surface area (Å²) in [6.07, 6.45) is 2.40. The number of rotatable bonds is 2. The molecule has 25 heavy (non-hydrogen) atoms. The van der Waals surface area contributed by atoms with Crippen LogP contribution >= 0.6 is 0 Å². The van der Waals surface area contributed by atoms with E-state index in [4.69, 9.17) is 0 Å². The summed E-state index contributed by atoms with van der Waals surface area (Å²) in [6, 6.07) is 0. The molecule has 3 N–H and O–H groups in total. The van der Waals surface area contributed by atoms with E-state index in [1.165, 1.54) is 0 Å². The fraction of sp³-hybridized carbons (Fsp3) is 0.632. The Balaban J connectivity index is 2.16. The van der Waals surface area contributed by atoms with Crippen LogP contribution in [0.25, 0.3) is 0 Å². The molecule has 0 aromatic carbocycles. The topological polar surface area (TPSA) is 104 Å². The first-order valence-corrected chi connectivity index (χ1v) is 8.85. The molecule has 0 radical (unpaired) electrons. The lowest BCUT2D eigenvalue weighted by atomic mass is 9.51. The quantitative estimate of drug-likeness (QED) is 0.304. The van der Waals surface area contributed by atoms with E-state index in [1.54, 1.807) is 6.92 Å². The predicted molar refractivity (Wildman–Crippen MR) is 90.5 cm³/mol. The Hall–Kier alpha value is -1.95. The molecule has 1 aliphatic heterocycles. The molecular weight excluding hydrogens is 322 g/mol. The fourth-order valence-corrected chi connectivity index (χ4v) is 4.91. The van der Waals surface area contributed by atoms with Crippen molar-refractivity contribution in [3.63, 3.8) is 0 Å². The molecule has 3 rings (SSSR count). The SMILES string of the molecule is CCC1CC(=O)C2C(O)C(C)=CCC2C1(C)C(O)=C1C(=O)CNC1=O. The zero-order valence-corrected chi connectivity index (χ0v) is 14.8. The molecule has 2 aliphatic carbocycles. The number of fused-ring (bicyclic) bond motifs is 1. The number of carbonyl (C=O) groups excluding carboxylic acids is 3. The van der Waals surface area contributed by atoms with Gasteiger partial charge in [0.15, 0.2) is 5.78 Å². The minimum absolute atomic E-state index is 0.00530. The van der Waals surface area contributed by atoms with Crippen LogP contribution in [0.4, 0.5) is 0 Å². The highest BCUT2D eigenvalue weighted by molar-refractivity contribution is 6.25. The number of amides is 1. The van der Waals surface area contributed by atoms with Crippen LogP contribution in [0.1, 0.15) is 40.0 Å². The second-order valence-corrected chi connectivity index (χ2v) is 7.65. The highest BCUT2D eigenvalue weighted by atomic mass is 16.3. The molecule has 5 unspecified atom stereocenters. The van der Waals surface area contributed by atoms with Gasteiger partial charge in [0, 0.05) is 11.8 Å². The van der Waals surface area contributed by atoms with Gasteiger partial charge < -0.3 is 15.5 Å². The van der Waals surface area contributed by atoms with Gasteiger partial charge in [-0.2, -0.15) is 0 Å². The molecular formula is C19H25NO5. The van der Waals surface area contributed by atoms with E-state index in [0.29, 0.717) is 12.8 Å². The largest absolute Gasteiger partial charge is 0.511 e. The Labute approximate surface area is 147 Å². The molecule has 0 spiro atoms. The van der Waals surface area contributed by atoms with Crippen molar-refractivity contribution in [3.8, 4) is 0 Å². The molecule has 3 aliphatic rings. The Bertz CT molecular complexity index is 689. The maximum absolute atomic E-state index is 12.7. The van der Waals surface area contributed by atoms with Gasteiger partial charge in [0.05, 0.1) is 18.6 Å². The number of aliphatic hydroxyl groups is 2. The third kappa shape index (κ3) is 2.46. The predicted octanol–water partition coefficient (Wildman–Crippen LogP) is 1.45. The van der Waals surface area contributed by atoms with Crippen LogP contribution in [-0.2, 0) is 14.4 Å². The molecule has 6 nitrogen and oxygen atoms in total. The van der Waals surface area contributed by atoms with E-state index in [9.17, 15) is 24.6 Å². The first-order valence-electron chi connectivity index (χ1n) is 8.85. The van der Waals surface area contributed by atoms with Gasteiger partial charge in [-0.3, -0.25) is 14.4 Å². The van der Waals surface area contributed by atoms with Crippen molar-refractivity contribution in [1.82, 2.24) is 5.32 Å². The molecule has 2 fully saturated rings. The number of hydrogen-bond donors (Lipinski definition) is 3. The second kappa shape index (κ2) is 6.09. The van der Waals surface area contributed by atoms with Crippen LogP contribution < -0.4 is 5.32 Å². The normalized spacial score (nSPS) is 40.5. The summed E-state index contributed by atoms with van der Waals surface area (Å²) in [5, 5.41) is 24.0. The van der Waals surface area contributed by atoms with Crippen LogP contribution in [0.2, 0.25) is 0 Å². The summed E-state index contributed by atoms with van der Waals surface area (Å²) in [5.74, 6) is -2.35. The zero-order chi connectivity index (χ0) is 18.5. The van der Waals surface area contributed by atoms with Crippen LogP contribution in [0, 0.1) is 23.2 Å². The maximum atomic E-state index is 12.7. The summed E-state index contributed by atoms with van der Waals surface area (Å²) in [7, 11) is 0. The van der Waals surface area contributed by atoms with E-state index in [-0.39, 0.29) is 41.9 Å². The van der Waals surface area contributed by atoms with Crippen molar-refractivity contribution in [2.24, 2.45) is 23.2 Å². The number of carbonyl (C=O) groups is 3. The molecule has 5 atom stereocenters. The Morgan fingerprint density at radius 2 is 2.04 bits per heavy atom. The number of hydrogen-bond acceptors (Lipinski definition) is 5. The number of allylic oxidation sites excluding steroid dienone is 2. The van der Waals surface area contributed by atoms with Crippen LogP contribution in [0.5, 0.6) is 0 Å². The summed E-state index contributed by atoms with van der Waals surface area (Å²) in [6.45, 7) is 5.45. The first kappa shape index (κ1) is 17.9. The maximum Gasteiger partial charge on any atom is 0.258 e. The van der Waals surface area contributed by atoms with Gasteiger partial charge in [-0.25, -0.2) is 0 Å². The summed E-state index contributed by atoms with van der Waals surface area (Å²) < 4.78 is 0. The molecule has 0 bridgehead atoms. The third-order valence-electron chi connectivity index (χ3n) is 6.53.